The van der Waals surface area contributed by atoms with E-state index in [1.54, 1.807) is 6.07 Å². The van der Waals surface area contributed by atoms with Gasteiger partial charge in [-0.15, -0.1) is 0 Å². The van der Waals surface area contributed by atoms with E-state index in [4.69, 9.17) is 0 Å². The minimum absolute atomic E-state index is 0.0205. The molecular weight excluding hydrogens is 311 g/mol. The van der Waals surface area contributed by atoms with Crippen molar-refractivity contribution < 1.29 is 17.9 Å². The summed E-state index contributed by atoms with van der Waals surface area (Å²) in [6.45, 7) is 1.41. The van der Waals surface area contributed by atoms with Crippen molar-refractivity contribution in [2.75, 3.05) is 6.26 Å². The van der Waals surface area contributed by atoms with Gasteiger partial charge in [-0.25, -0.2) is 12.8 Å². The van der Waals surface area contributed by atoms with E-state index in [-0.39, 0.29) is 6.42 Å². The van der Waals surface area contributed by atoms with Crippen LogP contribution in [0.15, 0.2) is 22.7 Å². The van der Waals surface area contributed by atoms with Crippen LogP contribution in [-0.4, -0.2) is 31.1 Å². The Morgan fingerprint density at radius 3 is 2.53 bits per heavy atom. The van der Waals surface area contributed by atoms with Gasteiger partial charge in [0.2, 0.25) is 0 Å². The number of aliphatic hydroxyl groups is 1. The van der Waals surface area contributed by atoms with Crippen molar-refractivity contribution in [1.29, 1.82) is 0 Å². The second kappa shape index (κ2) is 5.46. The predicted molar refractivity (Wildman–Crippen MR) is 68.1 cm³/mol. The molecule has 2 atom stereocenters. The Kier molecular flexibility index (Phi) is 4.69. The molecule has 0 saturated carbocycles. The Balaban J connectivity index is 2.85. The van der Waals surface area contributed by atoms with Gasteiger partial charge < -0.3 is 5.11 Å². The second-order valence-electron chi connectivity index (χ2n) is 4.04. The van der Waals surface area contributed by atoms with E-state index >= 15 is 0 Å². The topological polar surface area (TPSA) is 54.4 Å². The highest BCUT2D eigenvalue weighted by Gasteiger charge is 2.24. The summed E-state index contributed by atoms with van der Waals surface area (Å²) in [5.41, 5.74) is 0.302. The van der Waals surface area contributed by atoms with Crippen LogP contribution in [0.25, 0.3) is 0 Å². The molecule has 0 saturated heterocycles. The van der Waals surface area contributed by atoms with Crippen LogP contribution >= 0.6 is 15.9 Å². The molecule has 0 heterocycles. The summed E-state index contributed by atoms with van der Waals surface area (Å²) >= 11 is 3.12. The Hall–Kier alpha value is -0.460. The molecule has 1 aromatic rings. The van der Waals surface area contributed by atoms with Gasteiger partial charge >= 0.3 is 0 Å². The Morgan fingerprint density at radius 1 is 1.47 bits per heavy atom. The van der Waals surface area contributed by atoms with Gasteiger partial charge in [-0.1, -0.05) is 22.0 Å². The van der Waals surface area contributed by atoms with E-state index in [0.29, 0.717) is 10.0 Å². The fourth-order valence-corrected chi connectivity index (χ4v) is 2.36. The summed E-state index contributed by atoms with van der Waals surface area (Å²) in [4.78, 5) is 0. The number of hydrogen-bond donors (Lipinski definition) is 1. The lowest BCUT2D eigenvalue weighted by Crippen LogP contribution is -2.32. The molecule has 1 N–H and O–H groups in total. The maximum atomic E-state index is 13.5. The molecule has 1 aromatic carbocycles. The maximum absolute atomic E-state index is 13.5. The van der Waals surface area contributed by atoms with Crippen molar-refractivity contribution in [3.8, 4) is 0 Å². The molecule has 0 aliphatic carbocycles. The quantitative estimate of drug-likeness (QED) is 0.920. The lowest BCUT2D eigenvalue weighted by Gasteiger charge is -2.17. The Morgan fingerprint density at radius 2 is 2.06 bits per heavy atom. The molecule has 0 spiro atoms. The van der Waals surface area contributed by atoms with Crippen molar-refractivity contribution in [3.05, 3.63) is 34.1 Å². The van der Waals surface area contributed by atoms with Crippen LogP contribution in [0.4, 0.5) is 4.39 Å². The van der Waals surface area contributed by atoms with Crippen molar-refractivity contribution in [3.63, 3.8) is 0 Å². The zero-order valence-electron chi connectivity index (χ0n) is 9.52. The van der Waals surface area contributed by atoms with Gasteiger partial charge in [0.25, 0.3) is 0 Å². The molecule has 17 heavy (non-hydrogen) atoms. The fourth-order valence-electron chi connectivity index (χ4n) is 1.36. The average molecular weight is 325 g/mol. The molecule has 1 rings (SSSR count). The van der Waals surface area contributed by atoms with Gasteiger partial charge in [0.1, 0.15) is 5.82 Å². The highest BCUT2D eigenvalue weighted by Crippen LogP contribution is 2.18. The van der Waals surface area contributed by atoms with Gasteiger partial charge in [0.05, 0.1) is 11.4 Å². The van der Waals surface area contributed by atoms with Crippen molar-refractivity contribution in [2.24, 2.45) is 0 Å². The summed E-state index contributed by atoms with van der Waals surface area (Å²) < 4.78 is 36.6. The first-order valence-corrected chi connectivity index (χ1v) is 7.77. The van der Waals surface area contributed by atoms with E-state index in [1.165, 1.54) is 19.1 Å². The highest BCUT2D eigenvalue weighted by atomic mass is 79.9. The van der Waals surface area contributed by atoms with Crippen LogP contribution in [0, 0.1) is 5.82 Å². The summed E-state index contributed by atoms with van der Waals surface area (Å²) in [6, 6.07) is 4.46. The number of halogens is 2. The smallest absolute Gasteiger partial charge is 0.152 e. The van der Waals surface area contributed by atoms with Crippen molar-refractivity contribution in [1.82, 2.24) is 0 Å². The standard InChI is InChI=1S/C11H14BrFO3S/c1-7(17(2,15)16)11(14)5-8-3-4-9(12)6-10(8)13/h3-4,6-7,11,14H,5H2,1-2H3. The third-order valence-corrected chi connectivity index (χ3v) is 4.82. The number of hydrogen-bond acceptors (Lipinski definition) is 3. The summed E-state index contributed by atoms with van der Waals surface area (Å²) in [7, 11) is -3.32. The van der Waals surface area contributed by atoms with Crippen molar-refractivity contribution in [2.45, 2.75) is 24.7 Å². The first-order valence-electron chi connectivity index (χ1n) is 5.02. The van der Waals surface area contributed by atoms with E-state index in [2.05, 4.69) is 15.9 Å². The van der Waals surface area contributed by atoms with E-state index in [9.17, 15) is 17.9 Å². The van der Waals surface area contributed by atoms with Gasteiger partial charge in [-0.05, 0) is 24.6 Å². The average Bonchev–Trinajstić information content (AvgIpc) is 2.19. The Labute approximate surface area is 109 Å². The Bertz CT molecular complexity index is 501. The van der Waals surface area contributed by atoms with E-state index in [0.717, 1.165) is 6.26 Å². The molecule has 6 heteroatoms. The van der Waals surface area contributed by atoms with Gasteiger partial charge in [-0.2, -0.15) is 0 Å². The fraction of sp³-hybridized carbons (Fsp3) is 0.455. The number of aliphatic hydroxyl groups excluding tert-OH is 1. The first kappa shape index (κ1) is 14.6. The molecule has 0 aromatic heterocycles. The van der Waals surface area contributed by atoms with Crippen LogP contribution in [0.1, 0.15) is 12.5 Å². The lowest BCUT2D eigenvalue weighted by atomic mass is 10.1. The molecule has 3 nitrogen and oxygen atoms in total. The summed E-state index contributed by atoms with van der Waals surface area (Å²) in [6.07, 6.45) is -0.0766. The lowest BCUT2D eigenvalue weighted by molar-refractivity contribution is 0.172. The zero-order valence-corrected chi connectivity index (χ0v) is 11.9. The molecule has 0 bridgehead atoms. The number of rotatable bonds is 4. The van der Waals surface area contributed by atoms with Crippen LogP contribution in [0.3, 0.4) is 0 Å². The first-order chi connectivity index (χ1) is 7.71. The van der Waals surface area contributed by atoms with Crippen LogP contribution in [0.5, 0.6) is 0 Å². The van der Waals surface area contributed by atoms with E-state index < -0.39 is 27.0 Å². The number of sulfone groups is 1. The SMILES string of the molecule is CC(C(O)Cc1ccc(Br)cc1F)S(C)(=O)=O. The van der Waals surface area contributed by atoms with E-state index in [1.807, 2.05) is 0 Å². The predicted octanol–water partition coefficient (Wildman–Crippen LogP) is 1.92. The van der Waals surface area contributed by atoms with Crippen molar-refractivity contribution >= 4 is 25.8 Å². The summed E-state index contributed by atoms with van der Waals surface area (Å²) in [5, 5.41) is 8.83. The minimum atomic E-state index is -3.32. The molecular formula is C11H14BrFO3S. The van der Waals surface area contributed by atoms with Gasteiger partial charge in [-0.3, -0.25) is 0 Å². The largest absolute Gasteiger partial charge is 0.391 e. The second-order valence-corrected chi connectivity index (χ2v) is 7.36. The summed E-state index contributed by atoms with van der Waals surface area (Å²) in [5.74, 6) is -0.459. The van der Waals surface area contributed by atoms with Gasteiger partial charge in [0.15, 0.2) is 9.84 Å². The molecule has 2 unspecified atom stereocenters. The molecule has 0 radical (unpaired) electrons. The van der Waals surface area contributed by atoms with Crippen LogP contribution in [-0.2, 0) is 16.3 Å². The number of benzene rings is 1. The monoisotopic (exact) mass is 324 g/mol. The molecule has 0 aliphatic rings. The zero-order chi connectivity index (χ0) is 13.2. The molecule has 0 amide bonds. The van der Waals surface area contributed by atoms with Crippen LogP contribution < -0.4 is 0 Å². The normalized spacial score (nSPS) is 15.6. The third kappa shape index (κ3) is 4.04. The molecule has 0 fully saturated rings. The highest BCUT2D eigenvalue weighted by molar-refractivity contribution is 9.10. The third-order valence-electron chi connectivity index (χ3n) is 2.66. The minimum Gasteiger partial charge on any atom is -0.391 e. The molecule has 0 aliphatic heterocycles. The van der Waals surface area contributed by atoms with Crippen LogP contribution in [0.2, 0.25) is 0 Å². The maximum Gasteiger partial charge on any atom is 0.152 e. The molecule has 96 valence electrons. The van der Waals surface area contributed by atoms with Gasteiger partial charge in [0, 0.05) is 17.1 Å².